The zero-order chi connectivity index (χ0) is 13.9. The highest BCUT2D eigenvalue weighted by atomic mass is 19.4. The number of benzene rings is 1. The van der Waals surface area contributed by atoms with Gasteiger partial charge in [0.25, 0.3) is 0 Å². The molecule has 18 heavy (non-hydrogen) atoms. The van der Waals surface area contributed by atoms with Crippen molar-refractivity contribution in [2.24, 2.45) is 5.92 Å². The zero-order valence-corrected chi connectivity index (χ0v) is 9.84. The van der Waals surface area contributed by atoms with Crippen molar-refractivity contribution < 1.29 is 27.1 Å². The Morgan fingerprint density at radius 2 is 1.94 bits per heavy atom. The molecule has 0 aliphatic carbocycles. The Bertz CT molecular complexity index is 438. The normalized spacial score (nSPS) is 11.7. The van der Waals surface area contributed by atoms with E-state index in [1.807, 2.05) is 0 Å². The SMILES string of the molecule is CC(C)COC(=O)c1cc(C(F)(F)F)ccc1F. The quantitative estimate of drug-likeness (QED) is 0.615. The van der Waals surface area contributed by atoms with E-state index in [4.69, 9.17) is 4.74 Å². The summed E-state index contributed by atoms with van der Waals surface area (Å²) in [4.78, 5) is 11.4. The van der Waals surface area contributed by atoms with Gasteiger partial charge in [-0.05, 0) is 24.1 Å². The fourth-order valence-corrected chi connectivity index (χ4v) is 1.18. The second kappa shape index (κ2) is 5.37. The Kier molecular flexibility index (Phi) is 4.32. The summed E-state index contributed by atoms with van der Waals surface area (Å²) in [6, 6.07) is 1.64. The first-order chi connectivity index (χ1) is 8.21. The predicted molar refractivity (Wildman–Crippen MR) is 56.5 cm³/mol. The molecule has 0 atom stereocenters. The Morgan fingerprint density at radius 3 is 2.44 bits per heavy atom. The number of hydrogen-bond acceptors (Lipinski definition) is 2. The van der Waals surface area contributed by atoms with Crippen LogP contribution in [0, 0.1) is 11.7 Å². The first-order valence-corrected chi connectivity index (χ1v) is 5.25. The predicted octanol–water partition coefficient (Wildman–Crippen LogP) is 3.66. The van der Waals surface area contributed by atoms with Gasteiger partial charge in [0, 0.05) is 0 Å². The summed E-state index contributed by atoms with van der Waals surface area (Å²) in [5.74, 6) is -2.10. The van der Waals surface area contributed by atoms with E-state index >= 15 is 0 Å². The molecule has 1 aromatic rings. The van der Waals surface area contributed by atoms with Gasteiger partial charge in [0.1, 0.15) is 5.82 Å². The largest absolute Gasteiger partial charge is 0.462 e. The number of carbonyl (C=O) groups excluding carboxylic acids is 1. The van der Waals surface area contributed by atoms with Crippen molar-refractivity contribution in [1.82, 2.24) is 0 Å². The fourth-order valence-electron chi connectivity index (χ4n) is 1.18. The summed E-state index contributed by atoms with van der Waals surface area (Å²) in [6.07, 6.45) is -4.62. The highest BCUT2D eigenvalue weighted by Gasteiger charge is 2.32. The topological polar surface area (TPSA) is 26.3 Å². The first-order valence-electron chi connectivity index (χ1n) is 5.25. The van der Waals surface area contributed by atoms with Crippen molar-refractivity contribution in [2.75, 3.05) is 6.61 Å². The second-order valence-electron chi connectivity index (χ2n) is 4.18. The van der Waals surface area contributed by atoms with E-state index < -0.39 is 29.1 Å². The zero-order valence-electron chi connectivity index (χ0n) is 9.84. The highest BCUT2D eigenvalue weighted by Crippen LogP contribution is 2.30. The second-order valence-corrected chi connectivity index (χ2v) is 4.18. The van der Waals surface area contributed by atoms with Crippen LogP contribution in [0.5, 0.6) is 0 Å². The monoisotopic (exact) mass is 264 g/mol. The molecule has 0 aromatic heterocycles. The van der Waals surface area contributed by atoms with Gasteiger partial charge < -0.3 is 4.74 Å². The smallest absolute Gasteiger partial charge is 0.416 e. The van der Waals surface area contributed by atoms with Gasteiger partial charge in [-0.2, -0.15) is 13.2 Å². The molecule has 1 aromatic carbocycles. The molecule has 0 aliphatic heterocycles. The van der Waals surface area contributed by atoms with Gasteiger partial charge in [0.05, 0.1) is 17.7 Å². The van der Waals surface area contributed by atoms with Gasteiger partial charge in [0.2, 0.25) is 0 Å². The number of hydrogen-bond donors (Lipinski definition) is 0. The average Bonchev–Trinajstić information content (AvgIpc) is 2.24. The van der Waals surface area contributed by atoms with Crippen LogP contribution in [0.25, 0.3) is 0 Å². The summed E-state index contributed by atoms with van der Waals surface area (Å²) in [7, 11) is 0. The van der Waals surface area contributed by atoms with Gasteiger partial charge in [-0.1, -0.05) is 13.8 Å². The molecule has 0 bridgehead atoms. The van der Waals surface area contributed by atoms with Gasteiger partial charge in [-0.3, -0.25) is 0 Å². The van der Waals surface area contributed by atoms with Gasteiger partial charge >= 0.3 is 12.1 Å². The number of ether oxygens (including phenoxy) is 1. The van der Waals surface area contributed by atoms with E-state index in [1.165, 1.54) is 0 Å². The lowest BCUT2D eigenvalue weighted by Crippen LogP contribution is -2.14. The lowest BCUT2D eigenvalue weighted by molar-refractivity contribution is -0.137. The molecule has 0 saturated heterocycles. The summed E-state index contributed by atoms with van der Waals surface area (Å²) in [5, 5.41) is 0. The minimum absolute atomic E-state index is 0.0165. The van der Waals surface area contributed by atoms with Crippen molar-refractivity contribution in [3.05, 3.63) is 35.1 Å². The third-order valence-electron chi connectivity index (χ3n) is 2.06. The van der Waals surface area contributed by atoms with Crippen LogP contribution in [0.2, 0.25) is 0 Å². The molecule has 0 N–H and O–H groups in total. The minimum Gasteiger partial charge on any atom is -0.462 e. The Labute approximate surface area is 102 Å². The van der Waals surface area contributed by atoms with E-state index in [1.54, 1.807) is 13.8 Å². The molecule has 0 heterocycles. The molecule has 0 amide bonds. The third-order valence-corrected chi connectivity index (χ3v) is 2.06. The van der Waals surface area contributed by atoms with Crippen molar-refractivity contribution >= 4 is 5.97 Å². The van der Waals surface area contributed by atoms with Crippen LogP contribution in [-0.4, -0.2) is 12.6 Å². The van der Waals surface area contributed by atoms with Crippen LogP contribution in [0.4, 0.5) is 17.6 Å². The molecule has 100 valence electrons. The fraction of sp³-hybridized carbons (Fsp3) is 0.417. The van der Waals surface area contributed by atoms with Crippen LogP contribution in [0.1, 0.15) is 29.8 Å². The average molecular weight is 264 g/mol. The van der Waals surface area contributed by atoms with E-state index in [2.05, 4.69) is 0 Å². The summed E-state index contributed by atoms with van der Waals surface area (Å²) >= 11 is 0. The van der Waals surface area contributed by atoms with E-state index in [0.717, 1.165) is 0 Å². The van der Waals surface area contributed by atoms with Crippen LogP contribution >= 0.6 is 0 Å². The lowest BCUT2D eigenvalue weighted by atomic mass is 10.1. The maximum absolute atomic E-state index is 13.3. The van der Waals surface area contributed by atoms with Gasteiger partial charge in [0.15, 0.2) is 0 Å². The molecule has 0 unspecified atom stereocenters. The third kappa shape index (κ3) is 3.72. The molecule has 0 fully saturated rings. The van der Waals surface area contributed by atoms with Crippen molar-refractivity contribution in [1.29, 1.82) is 0 Å². The molecule has 0 aliphatic rings. The standard InChI is InChI=1S/C12H12F4O2/c1-7(2)6-18-11(17)9-5-8(12(14,15)16)3-4-10(9)13/h3-5,7H,6H2,1-2H3. The molecular weight excluding hydrogens is 252 g/mol. The summed E-state index contributed by atoms with van der Waals surface area (Å²) in [5.41, 5.74) is -1.79. The molecule has 0 radical (unpaired) electrons. The van der Waals surface area contributed by atoms with Crippen LogP contribution in [0.3, 0.4) is 0 Å². The maximum Gasteiger partial charge on any atom is 0.416 e. The molecule has 0 saturated carbocycles. The van der Waals surface area contributed by atoms with Crippen molar-refractivity contribution in [3.8, 4) is 0 Å². The number of carbonyl (C=O) groups is 1. The molecule has 1 rings (SSSR count). The van der Waals surface area contributed by atoms with Gasteiger partial charge in [-0.25, -0.2) is 9.18 Å². The highest BCUT2D eigenvalue weighted by molar-refractivity contribution is 5.90. The Morgan fingerprint density at radius 1 is 1.33 bits per heavy atom. The Hall–Kier alpha value is -1.59. The van der Waals surface area contributed by atoms with Crippen LogP contribution in [0.15, 0.2) is 18.2 Å². The van der Waals surface area contributed by atoms with E-state index in [9.17, 15) is 22.4 Å². The number of esters is 1. The molecule has 2 nitrogen and oxygen atoms in total. The molecule has 6 heteroatoms. The summed E-state index contributed by atoms with van der Waals surface area (Å²) in [6.45, 7) is 3.54. The van der Waals surface area contributed by atoms with Crippen molar-refractivity contribution in [2.45, 2.75) is 20.0 Å². The molecule has 0 spiro atoms. The van der Waals surface area contributed by atoms with Crippen LogP contribution in [-0.2, 0) is 10.9 Å². The maximum atomic E-state index is 13.3. The van der Waals surface area contributed by atoms with Crippen molar-refractivity contribution in [3.63, 3.8) is 0 Å². The Balaban J connectivity index is 2.97. The minimum atomic E-state index is -4.62. The van der Waals surface area contributed by atoms with E-state index in [0.29, 0.717) is 18.2 Å². The number of halogens is 4. The summed E-state index contributed by atoms with van der Waals surface area (Å²) < 4.78 is 55.2. The van der Waals surface area contributed by atoms with E-state index in [-0.39, 0.29) is 12.5 Å². The molecular formula is C12H12F4O2. The van der Waals surface area contributed by atoms with Gasteiger partial charge in [-0.15, -0.1) is 0 Å². The number of rotatable bonds is 3. The number of alkyl halides is 3. The first kappa shape index (κ1) is 14.5. The lowest BCUT2D eigenvalue weighted by Gasteiger charge is -2.10. The van der Waals surface area contributed by atoms with Crippen LogP contribution < -0.4 is 0 Å².